The molecule has 0 aliphatic rings. The van der Waals surface area contributed by atoms with Gasteiger partial charge in [-0.15, -0.1) is 0 Å². The van der Waals surface area contributed by atoms with Gasteiger partial charge < -0.3 is 5.73 Å². The summed E-state index contributed by atoms with van der Waals surface area (Å²) >= 11 is 0. The van der Waals surface area contributed by atoms with Crippen molar-refractivity contribution in [2.24, 2.45) is 10.8 Å². The van der Waals surface area contributed by atoms with E-state index in [2.05, 4.69) is 37.8 Å². The summed E-state index contributed by atoms with van der Waals surface area (Å²) in [6.45, 7) is 10.4. The topological polar surface area (TPSA) is 41.6 Å². The van der Waals surface area contributed by atoms with Gasteiger partial charge in [-0.05, 0) is 34.1 Å². The van der Waals surface area contributed by atoms with Crippen molar-refractivity contribution in [1.82, 2.24) is 5.01 Å². The summed E-state index contributed by atoms with van der Waals surface area (Å²) in [6.07, 6.45) is 1.09. The number of nitrogens with two attached hydrogens (primary N) is 1. The van der Waals surface area contributed by atoms with Gasteiger partial charge in [0.15, 0.2) is 0 Å². The smallest absolute Gasteiger partial charge is 0.116 e. The van der Waals surface area contributed by atoms with Crippen LogP contribution in [0, 0.1) is 0 Å². The summed E-state index contributed by atoms with van der Waals surface area (Å²) < 4.78 is 0. The maximum Gasteiger partial charge on any atom is 0.116 e. The molecule has 0 aliphatic heterocycles. The van der Waals surface area contributed by atoms with E-state index in [1.165, 1.54) is 0 Å². The monoisotopic (exact) mass is 171 g/mol. The normalized spacial score (nSPS) is 15.0. The SMILES string of the molecule is CCC(C)N(/N=C(/C)N)C(C)C. The lowest BCUT2D eigenvalue weighted by Gasteiger charge is -2.29. The van der Waals surface area contributed by atoms with Crippen molar-refractivity contribution in [1.29, 1.82) is 0 Å². The van der Waals surface area contributed by atoms with E-state index < -0.39 is 0 Å². The highest BCUT2D eigenvalue weighted by Crippen LogP contribution is 2.08. The summed E-state index contributed by atoms with van der Waals surface area (Å²) in [5, 5.41) is 6.33. The quantitative estimate of drug-likeness (QED) is 0.398. The zero-order valence-corrected chi connectivity index (χ0v) is 8.83. The van der Waals surface area contributed by atoms with Crippen LogP contribution >= 0.6 is 0 Å². The Bertz CT molecular complexity index is 148. The number of hydrazone groups is 1. The van der Waals surface area contributed by atoms with E-state index in [-0.39, 0.29) is 0 Å². The Hall–Kier alpha value is -0.730. The highest BCUT2D eigenvalue weighted by atomic mass is 15.5. The van der Waals surface area contributed by atoms with Crippen molar-refractivity contribution < 1.29 is 0 Å². The van der Waals surface area contributed by atoms with Crippen molar-refractivity contribution in [3.8, 4) is 0 Å². The molecule has 0 fully saturated rings. The summed E-state index contributed by atoms with van der Waals surface area (Å²) in [7, 11) is 0. The van der Waals surface area contributed by atoms with E-state index in [1.54, 1.807) is 0 Å². The molecule has 0 spiro atoms. The predicted molar refractivity (Wildman–Crippen MR) is 54.0 cm³/mol. The maximum absolute atomic E-state index is 5.53. The molecule has 72 valence electrons. The molecule has 2 N–H and O–H groups in total. The molecule has 1 atom stereocenters. The minimum absolute atomic E-state index is 0.415. The fourth-order valence-electron chi connectivity index (χ4n) is 1.09. The first-order chi connectivity index (χ1) is 5.49. The molecule has 0 saturated heterocycles. The van der Waals surface area contributed by atoms with Crippen LogP contribution in [0.5, 0.6) is 0 Å². The summed E-state index contributed by atoms with van der Waals surface area (Å²) in [5.74, 6) is 0.629. The van der Waals surface area contributed by atoms with Crippen molar-refractivity contribution >= 4 is 5.84 Å². The van der Waals surface area contributed by atoms with Crippen molar-refractivity contribution in [2.75, 3.05) is 0 Å². The van der Waals surface area contributed by atoms with Gasteiger partial charge in [0.05, 0.1) is 0 Å². The van der Waals surface area contributed by atoms with Crippen LogP contribution < -0.4 is 5.73 Å². The Kier molecular flexibility index (Phi) is 4.71. The maximum atomic E-state index is 5.53. The Balaban J connectivity index is 4.33. The molecular formula is C9H21N3. The molecule has 0 aromatic rings. The Morgan fingerprint density at radius 3 is 2.17 bits per heavy atom. The van der Waals surface area contributed by atoms with E-state index in [1.807, 2.05) is 6.92 Å². The van der Waals surface area contributed by atoms with E-state index in [0.29, 0.717) is 17.9 Å². The second kappa shape index (κ2) is 5.01. The van der Waals surface area contributed by atoms with Crippen LogP contribution in [0.2, 0.25) is 0 Å². The number of hydrogen-bond donors (Lipinski definition) is 1. The second-order valence-corrected chi connectivity index (χ2v) is 3.47. The largest absolute Gasteiger partial charge is 0.386 e. The third-order valence-electron chi connectivity index (χ3n) is 1.84. The summed E-state index contributed by atoms with van der Waals surface area (Å²) in [6, 6.07) is 0.877. The molecular weight excluding hydrogens is 150 g/mol. The Labute approximate surface area is 75.6 Å². The molecule has 0 bridgehead atoms. The van der Waals surface area contributed by atoms with Gasteiger partial charge in [-0.1, -0.05) is 6.92 Å². The molecule has 3 heteroatoms. The Morgan fingerprint density at radius 1 is 1.42 bits per heavy atom. The molecule has 0 aromatic heterocycles. The van der Waals surface area contributed by atoms with Crippen LogP contribution in [-0.2, 0) is 0 Å². The van der Waals surface area contributed by atoms with Gasteiger partial charge in [0.1, 0.15) is 5.84 Å². The molecule has 12 heavy (non-hydrogen) atoms. The molecule has 0 heterocycles. The molecule has 0 saturated carbocycles. The minimum atomic E-state index is 0.415. The van der Waals surface area contributed by atoms with Crippen LogP contribution in [0.1, 0.15) is 41.0 Å². The standard InChI is InChI=1S/C9H21N3/c1-6-8(4)12(7(2)3)11-9(5)10/h7-8H,6H2,1-5H3,(H2,10,11). The Morgan fingerprint density at radius 2 is 1.92 bits per heavy atom. The zero-order chi connectivity index (χ0) is 9.72. The second-order valence-electron chi connectivity index (χ2n) is 3.47. The predicted octanol–water partition coefficient (Wildman–Crippen LogP) is 1.79. The van der Waals surface area contributed by atoms with Gasteiger partial charge in [0.2, 0.25) is 0 Å². The average Bonchev–Trinajstić information content (AvgIpc) is 1.98. The molecule has 0 rings (SSSR count). The van der Waals surface area contributed by atoms with Crippen molar-refractivity contribution in [2.45, 2.75) is 53.1 Å². The van der Waals surface area contributed by atoms with Crippen LogP contribution in [0.15, 0.2) is 5.10 Å². The lowest BCUT2D eigenvalue weighted by molar-refractivity contribution is 0.167. The first kappa shape index (κ1) is 11.3. The first-order valence-electron chi connectivity index (χ1n) is 4.58. The van der Waals surface area contributed by atoms with E-state index >= 15 is 0 Å². The molecule has 0 radical (unpaired) electrons. The van der Waals surface area contributed by atoms with Gasteiger partial charge >= 0.3 is 0 Å². The van der Waals surface area contributed by atoms with Gasteiger partial charge in [-0.25, -0.2) is 0 Å². The lowest BCUT2D eigenvalue weighted by atomic mass is 10.2. The number of rotatable bonds is 4. The van der Waals surface area contributed by atoms with Crippen LogP contribution in [0.4, 0.5) is 0 Å². The molecule has 0 aromatic carbocycles. The molecule has 1 unspecified atom stereocenters. The summed E-state index contributed by atoms with van der Waals surface area (Å²) in [5.41, 5.74) is 5.53. The highest BCUT2D eigenvalue weighted by molar-refractivity contribution is 5.77. The highest BCUT2D eigenvalue weighted by Gasteiger charge is 2.12. The number of amidine groups is 1. The first-order valence-corrected chi connectivity index (χ1v) is 4.58. The van der Waals surface area contributed by atoms with Crippen LogP contribution in [-0.4, -0.2) is 22.9 Å². The van der Waals surface area contributed by atoms with Gasteiger partial charge in [0, 0.05) is 12.1 Å². The number of nitrogens with zero attached hydrogens (tertiary/aromatic N) is 2. The van der Waals surface area contributed by atoms with Crippen molar-refractivity contribution in [3.05, 3.63) is 0 Å². The summed E-state index contributed by atoms with van der Waals surface area (Å²) in [4.78, 5) is 0. The molecule has 0 aliphatic carbocycles. The van der Waals surface area contributed by atoms with E-state index in [4.69, 9.17) is 5.73 Å². The van der Waals surface area contributed by atoms with E-state index in [0.717, 1.165) is 6.42 Å². The van der Waals surface area contributed by atoms with Gasteiger partial charge in [-0.2, -0.15) is 5.10 Å². The lowest BCUT2D eigenvalue weighted by Crippen LogP contribution is -2.35. The van der Waals surface area contributed by atoms with E-state index in [9.17, 15) is 0 Å². The fraction of sp³-hybridized carbons (Fsp3) is 0.889. The third kappa shape index (κ3) is 3.60. The average molecular weight is 171 g/mol. The minimum Gasteiger partial charge on any atom is -0.386 e. The fourth-order valence-corrected chi connectivity index (χ4v) is 1.09. The number of hydrogen-bond acceptors (Lipinski definition) is 2. The van der Waals surface area contributed by atoms with Gasteiger partial charge in [-0.3, -0.25) is 5.01 Å². The molecule has 3 nitrogen and oxygen atoms in total. The zero-order valence-electron chi connectivity index (χ0n) is 8.83. The molecule has 0 amide bonds. The van der Waals surface area contributed by atoms with Crippen LogP contribution in [0.3, 0.4) is 0 Å². The van der Waals surface area contributed by atoms with Gasteiger partial charge in [0.25, 0.3) is 0 Å². The third-order valence-corrected chi connectivity index (χ3v) is 1.84. The van der Waals surface area contributed by atoms with Crippen LogP contribution in [0.25, 0.3) is 0 Å². The van der Waals surface area contributed by atoms with Crippen molar-refractivity contribution in [3.63, 3.8) is 0 Å².